The lowest BCUT2D eigenvalue weighted by Crippen LogP contribution is -2.39. The zero-order valence-electron chi connectivity index (χ0n) is 14.8. The standard InChI is InChI=1S/C19H24ClN3OS.HI/c1-2-21-19(23-14-16-8-10-18(20)11-9-16)22-12-13-25(24)15-17-6-4-3-5-7-17;/h3-11H,2,12-15H2,1H3,(H2,21,22,23);1H. The van der Waals surface area contributed by atoms with Gasteiger partial charge < -0.3 is 10.6 Å². The van der Waals surface area contributed by atoms with Gasteiger partial charge in [0.15, 0.2) is 5.96 Å². The molecule has 0 amide bonds. The fourth-order valence-corrected chi connectivity index (χ4v) is 3.38. The molecule has 0 aromatic heterocycles. The van der Waals surface area contributed by atoms with Gasteiger partial charge in [-0.1, -0.05) is 54.1 Å². The Morgan fingerprint density at radius 2 is 1.73 bits per heavy atom. The first-order valence-electron chi connectivity index (χ1n) is 8.33. The first-order chi connectivity index (χ1) is 12.2. The van der Waals surface area contributed by atoms with E-state index < -0.39 is 10.8 Å². The highest BCUT2D eigenvalue weighted by Crippen LogP contribution is 2.10. The van der Waals surface area contributed by atoms with Crippen molar-refractivity contribution in [1.82, 2.24) is 10.6 Å². The molecular formula is C19H25ClIN3OS. The molecule has 142 valence electrons. The van der Waals surface area contributed by atoms with E-state index in [4.69, 9.17) is 11.6 Å². The predicted molar refractivity (Wildman–Crippen MR) is 123 cm³/mol. The number of hydrogen-bond acceptors (Lipinski definition) is 2. The topological polar surface area (TPSA) is 53.5 Å². The van der Waals surface area contributed by atoms with Gasteiger partial charge in [-0.3, -0.25) is 4.21 Å². The smallest absolute Gasteiger partial charge is 0.191 e. The lowest BCUT2D eigenvalue weighted by atomic mass is 10.2. The van der Waals surface area contributed by atoms with Gasteiger partial charge in [-0.15, -0.1) is 24.0 Å². The average molecular weight is 506 g/mol. The van der Waals surface area contributed by atoms with Crippen LogP contribution >= 0.6 is 35.6 Å². The molecule has 4 nitrogen and oxygen atoms in total. The highest BCUT2D eigenvalue weighted by molar-refractivity contribution is 14.0. The molecule has 2 aromatic rings. The molecule has 26 heavy (non-hydrogen) atoms. The van der Waals surface area contributed by atoms with Crippen LogP contribution in [-0.4, -0.2) is 29.0 Å². The molecule has 0 heterocycles. The molecule has 2 rings (SSSR count). The maximum atomic E-state index is 12.2. The van der Waals surface area contributed by atoms with Crippen LogP contribution in [0.15, 0.2) is 59.6 Å². The van der Waals surface area contributed by atoms with E-state index in [0.29, 0.717) is 24.6 Å². The maximum Gasteiger partial charge on any atom is 0.191 e. The third-order valence-corrected chi connectivity index (χ3v) is 5.04. The van der Waals surface area contributed by atoms with E-state index in [-0.39, 0.29) is 24.0 Å². The van der Waals surface area contributed by atoms with E-state index in [1.54, 1.807) is 0 Å². The van der Waals surface area contributed by atoms with Crippen molar-refractivity contribution in [2.45, 2.75) is 19.2 Å². The molecule has 1 atom stereocenters. The van der Waals surface area contributed by atoms with Crippen molar-refractivity contribution in [3.8, 4) is 0 Å². The van der Waals surface area contributed by atoms with E-state index in [1.807, 2.05) is 61.5 Å². The van der Waals surface area contributed by atoms with Crippen LogP contribution in [0.1, 0.15) is 18.1 Å². The molecule has 0 spiro atoms. The lowest BCUT2D eigenvalue weighted by Gasteiger charge is -2.11. The molecule has 2 aromatic carbocycles. The Bertz CT molecular complexity index is 696. The summed E-state index contributed by atoms with van der Waals surface area (Å²) in [5, 5.41) is 7.16. The molecule has 0 fully saturated rings. The van der Waals surface area contributed by atoms with Crippen LogP contribution < -0.4 is 10.6 Å². The Morgan fingerprint density at radius 1 is 1.04 bits per heavy atom. The summed E-state index contributed by atoms with van der Waals surface area (Å²) in [6.07, 6.45) is 0. The number of hydrogen-bond donors (Lipinski definition) is 2. The Balaban J connectivity index is 0.00000338. The maximum absolute atomic E-state index is 12.2. The average Bonchev–Trinajstić information content (AvgIpc) is 2.62. The van der Waals surface area contributed by atoms with Crippen LogP contribution in [-0.2, 0) is 23.1 Å². The molecule has 0 aliphatic rings. The SMILES string of the molecule is CCNC(=NCc1ccc(Cl)cc1)NCCS(=O)Cc1ccccc1.I. The molecule has 0 radical (unpaired) electrons. The first-order valence-corrected chi connectivity index (χ1v) is 10.2. The third-order valence-electron chi connectivity index (χ3n) is 3.47. The fraction of sp³-hybridized carbons (Fsp3) is 0.316. The summed E-state index contributed by atoms with van der Waals surface area (Å²) in [6.45, 7) is 3.98. The van der Waals surface area contributed by atoms with Gasteiger partial charge in [0.2, 0.25) is 0 Å². The minimum absolute atomic E-state index is 0. The summed E-state index contributed by atoms with van der Waals surface area (Å²) >= 11 is 5.89. The van der Waals surface area contributed by atoms with Crippen molar-refractivity contribution in [2.24, 2.45) is 4.99 Å². The van der Waals surface area contributed by atoms with E-state index in [0.717, 1.165) is 28.7 Å². The zero-order valence-corrected chi connectivity index (χ0v) is 18.7. The van der Waals surface area contributed by atoms with Crippen molar-refractivity contribution < 1.29 is 4.21 Å². The summed E-state index contributed by atoms with van der Waals surface area (Å²) in [5.74, 6) is 1.90. The predicted octanol–water partition coefficient (Wildman–Crippen LogP) is 3.96. The normalized spacial score (nSPS) is 12.2. The van der Waals surface area contributed by atoms with Gasteiger partial charge in [-0.25, -0.2) is 4.99 Å². The Morgan fingerprint density at radius 3 is 2.38 bits per heavy atom. The summed E-state index contributed by atoms with van der Waals surface area (Å²) in [6, 6.07) is 17.6. The molecule has 0 aliphatic heterocycles. The van der Waals surface area contributed by atoms with Crippen molar-refractivity contribution in [3.63, 3.8) is 0 Å². The van der Waals surface area contributed by atoms with Crippen LogP contribution in [0.5, 0.6) is 0 Å². The summed E-state index contributed by atoms with van der Waals surface area (Å²) in [5.41, 5.74) is 2.19. The third kappa shape index (κ3) is 9.00. The molecule has 0 bridgehead atoms. The minimum atomic E-state index is -0.894. The van der Waals surface area contributed by atoms with E-state index in [2.05, 4.69) is 15.6 Å². The molecular weight excluding hydrogens is 481 g/mol. The second-order valence-electron chi connectivity index (χ2n) is 5.52. The van der Waals surface area contributed by atoms with Crippen molar-refractivity contribution >= 4 is 52.3 Å². The van der Waals surface area contributed by atoms with Crippen molar-refractivity contribution in [1.29, 1.82) is 0 Å². The quantitative estimate of drug-likeness (QED) is 0.324. The van der Waals surface area contributed by atoms with Crippen LogP contribution in [0.25, 0.3) is 0 Å². The number of guanidine groups is 1. The minimum Gasteiger partial charge on any atom is -0.357 e. The van der Waals surface area contributed by atoms with Crippen molar-refractivity contribution in [3.05, 3.63) is 70.7 Å². The summed E-state index contributed by atoms with van der Waals surface area (Å²) in [4.78, 5) is 4.55. The first kappa shape index (κ1) is 22.9. The van der Waals surface area contributed by atoms with Gasteiger partial charge in [0.05, 0.1) is 6.54 Å². The highest BCUT2D eigenvalue weighted by atomic mass is 127. The highest BCUT2D eigenvalue weighted by Gasteiger charge is 2.03. The van der Waals surface area contributed by atoms with Crippen LogP contribution in [0.2, 0.25) is 5.02 Å². The largest absolute Gasteiger partial charge is 0.357 e. The summed E-state index contributed by atoms with van der Waals surface area (Å²) in [7, 11) is -0.894. The molecule has 2 N–H and O–H groups in total. The molecule has 7 heteroatoms. The fourth-order valence-electron chi connectivity index (χ4n) is 2.22. The zero-order chi connectivity index (χ0) is 17.9. The van der Waals surface area contributed by atoms with Crippen LogP contribution in [0, 0.1) is 0 Å². The number of nitrogens with zero attached hydrogens (tertiary/aromatic N) is 1. The number of benzene rings is 2. The number of nitrogens with one attached hydrogen (secondary N) is 2. The van der Waals surface area contributed by atoms with Gasteiger partial charge in [0, 0.05) is 40.4 Å². The second-order valence-corrected chi connectivity index (χ2v) is 7.54. The van der Waals surface area contributed by atoms with Gasteiger partial charge in [-0.05, 0) is 30.2 Å². The second kappa shape index (κ2) is 13.1. The molecule has 1 unspecified atom stereocenters. The Hall–Kier alpha value is -1.12. The molecule has 0 aliphatic carbocycles. The number of rotatable bonds is 8. The van der Waals surface area contributed by atoms with E-state index in [1.165, 1.54) is 0 Å². The van der Waals surface area contributed by atoms with Gasteiger partial charge in [0.1, 0.15) is 0 Å². The van der Waals surface area contributed by atoms with E-state index >= 15 is 0 Å². The van der Waals surface area contributed by atoms with Crippen LogP contribution in [0.3, 0.4) is 0 Å². The van der Waals surface area contributed by atoms with Crippen LogP contribution in [0.4, 0.5) is 0 Å². The van der Waals surface area contributed by atoms with Gasteiger partial charge in [-0.2, -0.15) is 0 Å². The Labute approximate surface area is 180 Å². The molecule has 0 saturated carbocycles. The number of halogens is 2. The van der Waals surface area contributed by atoms with E-state index in [9.17, 15) is 4.21 Å². The molecule has 0 saturated heterocycles. The van der Waals surface area contributed by atoms with Gasteiger partial charge >= 0.3 is 0 Å². The van der Waals surface area contributed by atoms with Gasteiger partial charge in [0.25, 0.3) is 0 Å². The lowest BCUT2D eigenvalue weighted by molar-refractivity contribution is 0.680. The number of aliphatic imine (C=N–C) groups is 1. The summed E-state index contributed by atoms with van der Waals surface area (Å²) < 4.78 is 12.2. The van der Waals surface area contributed by atoms with Crippen molar-refractivity contribution in [2.75, 3.05) is 18.8 Å². The monoisotopic (exact) mass is 505 g/mol. The Kier molecular flexibility index (Phi) is 11.6.